The van der Waals surface area contributed by atoms with Gasteiger partial charge in [0, 0.05) is 30.9 Å². The normalized spacial score (nSPS) is 11.0. The highest BCUT2D eigenvalue weighted by Crippen LogP contribution is 2.29. The number of carbonyl (C=O) groups excluding carboxylic acids is 1. The van der Waals surface area contributed by atoms with Crippen molar-refractivity contribution in [2.45, 2.75) is 6.54 Å². The van der Waals surface area contributed by atoms with Gasteiger partial charge in [0.2, 0.25) is 5.91 Å². The van der Waals surface area contributed by atoms with Crippen molar-refractivity contribution in [3.05, 3.63) is 80.6 Å². The van der Waals surface area contributed by atoms with Gasteiger partial charge in [0.15, 0.2) is 0 Å². The number of hydrogen-bond acceptors (Lipinski definition) is 4. The molecule has 1 amide bonds. The number of amides is 1. The van der Waals surface area contributed by atoms with Crippen LogP contribution in [0.3, 0.4) is 0 Å². The van der Waals surface area contributed by atoms with Gasteiger partial charge in [-0.1, -0.05) is 41.9 Å². The smallest absolute Gasteiger partial charge is 0.331 e. The molecule has 2 aromatic carbocycles. The predicted molar refractivity (Wildman–Crippen MR) is 124 cm³/mol. The molecule has 2 aromatic heterocycles. The van der Waals surface area contributed by atoms with E-state index in [-0.39, 0.29) is 6.54 Å². The molecule has 164 valence electrons. The number of hydrogen-bond donors (Lipinski definition) is 1. The van der Waals surface area contributed by atoms with E-state index in [0.29, 0.717) is 33.1 Å². The average Bonchev–Trinajstić information content (AvgIpc) is 3.13. The van der Waals surface area contributed by atoms with E-state index in [4.69, 9.17) is 16.3 Å². The average molecular weight is 453 g/mol. The second-order valence-electron chi connectivity index (χ2n) is 7.34. The minimum atomic E-state index is -0.584. The maximum atomic E-state index is 13.1. The lowest BCUT2D eigenvalue weighted by Crippen LogP contribution is -2.40. The van der Waals surface area contributed by atoms with Crippen molar-refractivity contribution in [2.24, 2.45) is 14.1 Å². The predicted octanol–water partition coefficient (Wildman–Crippen LogP) is 3.01. The number of carbonyl (C=O) groups is 1. The summed E-state index contributed by atoms with van der Waals surface area (Å²) in [6.07, 6.45) is 1.79. The fourth-order valence-electron chi connectivity index (χ4n) is 3.75. The van der Waals surface area contributed by atoms with Crippen molar-refractivity contribution in [1.29, 1.82) is 0 Å². The summed E-state index contributed by atoms with van der Waals surface area (Å²) in [4.78, 5) is 38.9. The lowest BCUT2D eigenvalue weighted by Gasteiger charge is -2.14. The SMILES string of the molecule is COc1ccc(Cl)cc1NC(=O)Cn1c(=O)n(C)c(=O)c2c1c(-c1ccccc1)cn2C. The third-order valence-electron chi connectivity index (χ3n) is 5.27. The molecule has 0 unspecified atom stereocenters. The number of rotatable bonds is 5. The van der Waals surface area contributed by atoms with E-state index in [1.54, 1.807) is 36.0 Å². The summed E-state index contributed by atoms with van der Waals surface area (Å²) < 4.78 is 9.26. The number of aromatic nitrogens is 3. The quantitative estimate of drug-likeness (QED) is 0.504. The molecule has 9 heteroatoms. The first-order valence-electron chi connectivity index (χ1n) is 9.79. The van der Waals surface area contributed by atoms with Crippen LogP contribution >= 0.6 is 11.6 Å². The molecule has 0 spiro atoms. The molecule has 8 nitrogen and oxygen atoms in total. The number of benzene rings is 2. The van der Waals surface area contributed by atoms with Crippen LogP contribution < -0.4 is 21.3 Å². The Labute approximate surface area is 188 Å². The highest BCUT2D eigenvalue weighted by Gasteiger charge is 2.21. The first kappa shape index (κ1) is 21.5. The van der Waals surface area contributed by atoms with Crippen LogP contribution in [0.15, 0.2) is 64.3 Å². The zero-order chi connectivity index (χ0) is 23.0. The third-order valence-corrected chi connectivity index (χ3v) is 5.51. The van der Waals surface area contributed by atoms with Crippen LogP contribution in [0.25, 0.3) is 22.2 Å². The summed E-state index contributed by atoms with van der Waals surface area (Å²) in [6, 6.07) is 14.2. The first-order valence-corrected chi connectivity index (χ1v) is 10.2. The number of ether oxygens (including phenoxy) is 1. The summed E-state index contributed by atoms with van der Waals surface area (Å²) in [5.41, 5.74) is 1.62. The Morgan fingerprint density at radius 2 is 1.78 bits per heavy atom. The second-order valence-corrected chi connectivity index (χ2v) is 7.78. The van der Waals surface area contributed by atoms with Gasteiger partial charge in [-0.3, -0.25) is 18.7 Å². The lowest BCUT2D eigenvalue weighted by atomic mass is 10.1. The number of fused-ring (bicyclic) bond motifs is 1. The van der Waals surface area contributed by atoms with E-state index in [9.17, 15) is 14.4 Å². The Balaban J connectivity index is 1.86. The van der Waals surface area contributed by atoms with Gasteiger partial charge < -0.3 is 14.6 Å². The van der Waals surface area contributed by atoms with Gasteiger partial charge in [0.1, 0.15) is 17.8 Å². The highest BCUT2D eigenvalue weighted by atomic mass is 35.5. The van der Waals surface area contributed by atoms with Crippen molar-refractivity contribution in [2.75, 3.05) is 12.4 Å². The first-order chi connectivity index (χ1) is 15.3. The Morgan fingerprint density at radius 3 is 2.47 bits per heavy atom. The maximum absolute atomic E-state index is 13.1. The van der Waals surface area contributed by atoms with Crippen LogP contribution in [0.2, 0.25) is 5.02 Å². The Hall–Kier alpha value is -3.78. The van der Waals surface area contributed by atoms with Crippen molar-refractivity contribution in [3.8, 4) is 16.9 Å². The molecule has 0 saturated carbocycles. The van der Waals surface area contributed by atoms with Crippen LogP contribution in [-0.4, -0.2) is 26.7 Å². The molecule has 0 aliphatic carbocycles. The minimum Gasteiger partial charge on any atom is -0.495 e. The van der Waals surface area contributed by atoms with Crippen molar-refractivity contribution in [1.82, 2.24) is 13.7 Å². The van der Waals surface area contributed by atoms with Crippen LogP contribution in [0.4, 0.5) is 5.69 Å². The van der Waals surface area contributed by atoms with Crippen LogP contribution in [-0.2, 0) is 25.4 Å². The molecule has 0 bridgehead atoms. The summed E-state index contributed by atoms with van der Waals surface area (Å²) in [5, 5.41) is 3.17. The molecule has 32 heavy (non-hydrogen) atoms. The van der Waals surface area contributed by atoms with Gasteiger partial charge >= 0.3 is 5.69 Å². The molecule has 4 aromatic rings. The number of methoxy groups -OCH3 is 1. The zero-order valence-corrected chi connectivity index (χ0v) is 18.5. The van der Waals surface area contributed by atoms with Crippen molar-refractivity contribution >= 4 is 34.2 Å². The van der Waals surface area contributed by atoms with E-state index in [1.165, 1.54) is 18.7 Å². The van der Waals surface area contributed by atoms with E-state index >= 15 is 0 Å². The third kappa shape index (κ3) is 3.69. The number of nitrogens with zero attached hydrogens (tertiary/aromatic N) is 3. The summed E-state index contributed by atoms with van der Waals surface area (Å²) in [5.74, 6) is -0.0270. The minimum absolute atomic E-state index is 0.303. The zero-order valence-electron chi connectivity index (χ0n) is 17.8. The Kier molecular flexibility index (Phi) is 5.63. The van der Waals surface area contributed by atoms with E-state index in [0.717, 1.165) is 10.1 Å². The molecule has 4 rings (SSSR count). The molecule has 0 aliphatic heterocycles. The van der Waals surface area contributed by atoms with Crippen molar-refractivity contribution < 1.29 is 9.53 Å². The topological polar surface area (TPSA) is 87.3 Å². The maximum Gasteiger partial charge on any atom is 0.331 e. The van der Waals surface area contributed by atoms with Crippen LogP contribution in [0.1, 0.15) is 0 Å². The summed E-state index contributed by atoms with van der Waals surface area (Å²) in [7, 11) is 4.62. The van der Waals surface area contributed by atoms with Gasteiger partial charge in [0.05, 0.1) is 18.3 Å². The van der Waals surface area contributed by atoms with Gasteiger partial charge in [0.25, 0.3) is 5.56 Å². The Bertz CT molecular complexity index is 1450. The molecule has 0 atom stereocenters. The molecule has 0 aliphatic rings. The number of anilines is 1. The molecular formula is C23H21ClN4O4. The highest BCUT2D eigenvalue weighted by molar-refractivity contribution is 6.31. The summed E-state index contributed by atoms with van der Waals surface area (Å²) in [6.45, 7) is -0.303. The number of halogens is 1. The molecule has 0 fully saturated rings. The fourth-order valence-corrected chi connectivity index (χ4v) is 3.92. The molecular weight excluding hydrogens is 432 g/mol. The molecule has 1 N–H and O–H groups in total. The molecule has 0 radical (unpaired) electrons. The summed E-state index contributed by atoms with van der Waals surface area (Å²) >= 11 is 6.05. The van der Waals surface area contributed by atoms with Crippen LogP contribution in [0.5, 0.6) is 5.75 Å². The monoisotopic (exact) mass is 452 g/mol. The van der Waals surface area contributed by atoms with Crippen LogP contribution in [0, 0.1) is 0 Å². The molecule has 2 heterocycles. The van der Waals surface area contributed by atoms with Crippen molar-refractivity contribution in [3.63, 3.8) is 0 Å². The number of aryl methyl sites for hydroxylation is 1. The largest absolute Gasteiger partial charge is 0.495 e. The van der Waals surface area contributed by atoms with Gasteiger partial charge in [-0.05, 0) is 23.8 Å². The molecule has 0 saturated heterocycles. The van der Waals surface area contributed by atoms with Gasteiger partial charge in [-0.25, -0.2) is 4.79 Å². The van der Waals surface area contributed by atoms with Gasteiger partial charge in [-0.15, -0.1) is 0 Å². The van der Waals surface area contributed by atoms with E-state index in [1.807, 2.05) is 30.3 Å². The lowest BCUT2D eigenvalue weighted by molar-refractivity contribution is -0.116. The van der Waals surface area contributed by atoms with E-state index < -0.39 is 17.2 Å². The standard InChI is InChI=1S/C23H21ClN4O4/c1-26-12-16(14-7-5-4-6-8-14)20-21(26)22(30)27(2)23(31)28(20)13-19(29)25-17-11-15(24)9-10-18(17)32-3/h4-12H,13H2,1-3H3,(H,25,29). The van der Waals surface area contributed by atoms with E-state index in [2.05, 4.69) is 5.32 Å². The second kappa shape index (κ2) is 8.39. The fraction of sp³-hybridized carbons (Fsp3) is 0.174. The number of nitrogens with one attached hydrogen (secondary N) is 1. The van der Waals surface area contributed by atoms with Gasteiger partial charge in [-0.2, -0.15) is 0 Å². The Morgan fingerprint density at radius 1 is 1.06 bits per heavy atom.